The molecule has 8 nitrogen and oxygen atoms in total. The van der Waals surface area contributed by atoms with Gasteiger partial charge in [-0.25, -0.2) is 19.8 Å². The maximum atomic E-state index is 15.0. The van der Waals surface area contributed by atoms with Gasteiger partial charge in [0.1, 0.15) is 17.4 Å². The molecule has 4 heterocycles. The Morgan fingerprint density at radius 1 is 1.32 bits per heavy atom. The van der Waals surface area contributed by atoms with Gasteiger partial charge < -0.3 is 4.74 Å². The summed E-state index contributed by atoms with van der Waals surface area (Å²) < 4.78 is 22.1. The van der Waals surface area contributed by atoms with Gasteiger partial charge in [-0.15, -0.1) is 0 Å². The molecule has 0 unspecified atom stereocenters. The number of rotatable bonds is 4. The molecule has 0 radical (unpaired) electrons. The molecule has 2 aliphatic heterocycles. The molecule has 0 spiro atoms. The van der Waals surface area contributed by atoms with Gasteiger partial charge in [0.05, 0.1) is 11.1 Å². The number of halogens is 2. The highest BCUT2D eigenvalue weighted by atomic mass is 35.5. The van der Waals surface area contributed by atoms with Gasteiger partial charge in [-0.1, -0.05) is 11.6 Å². The van der Waals surface area contributed by atoms with Gasteiger partial charge in [-0.3, -0.25) is 4.79 Å². The molecule has 2 aliphatic rings. The fourth-order valence-corrected chi connectivity index (χ4v) is 4.75. The largest absolute Gasteiger partial charge is 0.496 e. The first-order chi connectivity index (χ1) is 16.3. The van der Waals surface area contributed by atoms with Gasteiger partial charge in [0.25, 0.3) is 5.56 Å². The minimum absolute atomic E-state index is 0.0119. The molecule has 10 heteroatoms. The second-order valence-corrected chi connectivity index (χ2v) is 9.02. The van der Waals surface area contributed by atoms with E-state index in [-0.39, 0.29) is 28.4 Å². The van der Waals surface area contributed by atoms with Crippen molar-refractivity contribution in [1.82, 2.24) is 15.2 Å². The van der Waals surface area contributed by atoms with Gasteiger partial charge in [0.2, 0.25) is 5.88 Å². The van der Waals surface area contributed by atoms with Crippen molar-refractivity contribution in [1.29, 1.82) is 0 Å². The van der Waals surface area contributed by atoms with Gasteiger partial charge in [-0.2, -0.15) is 14.5 Å². The van der Waals surface area contributed by atoms with Crippen LogP contribution in [0.4, 0.5) is 14.9 Å². The number of aromatic amines is 1. The molecule has 1 atom stereocenters. The molecule has 2 bridgehead atoms. The van der Waals surface area contributed by atoms with Gasteiger partial charge in [0.15, 0.2) is 11.5 Å². The Morgan fingerprint density at radius 2 is 2.15 bits per heavy atom. The van der Waals surface area contributed by atoms with Crippen LogP contribution in [-0.4, -0.2) is 43.6 Å². The van der Waals surface area contributed by atoms with Crippen LogP contribution in [0.15, 0.2) is 41.3 Å². The average molecular weight is 483 g/mol. The van der Waals surface area contributed by atoms with E-state index in [2.05, 4.69) is 20.5 Å². The number of H-pyrrole nitrogens is 1. The lowest BCUT2D eigenvalue weighted by atomic mass is 10.0. The lowest BCUT2D eigenvalue weighted by Gasteiger charge is -2.18. The Bertz CT molecular complexity index is 1380. The van der Waals surface area contributed by atoms with E-state index in [4.69, 9.17) is 16.3 Å². The van der Waals surface area contributed by atoms with Gasteiger partial charge in [0, 0.05) is 48.4 Å². The van der Waals surface area contributed by atoms with E-state index in [0.29, 0.717) is 35.5 Å². The van der Waals surface area contributed by atoms with E-state index < -0.39 is 11.8 Å². The lowest BCUT2D eigenvalue weighted by molar-refractivity contribution is -0.460. The average Bonchev–Trinajstić information content (AvgIpc) is 3.11. The summed E-state index contributed by atoms with van der Waals surface area (Å²) in [5, 5.41) is 9.47. The quantitative estimate of drug-likeness (QED) is 0.544. The number of pyridine rings is 1. The number of aromatic nitrogens is 3. The molecular weight excluding hydrogens is 461 g/mol. The van der Waals surface area contributed by atoms with E-state index >= 15 is 0 Å². The SMILES string of the molecule is CC(C)Oc1ccc(-c2cc(F)c(NC(=O)[N+]3=C4CC[C@H]3Cc3cc(=O)[nH]nc34)cc2Cl)cn1. The minimum atomic E-state index is -0.618. The Hall–Kier alpha value is -3.59. The molecule has 0 saturated heterocycles. The number of benzene rings is 1. The van der Waals surface area contributed by atoms with Crippen molar-refractivity contribution < 1.29 is 18.5 Å². The normalized spacial score (nSPS) is 16.6. The molecule has 3 aromatic rings. The molecule has 1 aromatic carbocycles. The van der Waals surface area contributed by atoms with E-state index in [9.17, 15) is 14.0 Å². The van der Waals surface area contributed by atoms with E-state index in [1.807, 2.05) is 13.8 Å². The van der Waals surface area contributed by atoms with Gasteiger partial charge in [-0.05, 0) is 38.0 Å². The number of carbonyl (C=O) groups is 1. The first-order valence-electron chi connectivity index (χ1n) is 11.0. The fourth-order valence-electron chi connectivity index (χ4n) is 4.48. The number of anilines is 1. The third-order valence-electron chi connectivity index (χ3n) is 5.91. The highest BCUT2D eigenvalue weighted by molar-refractivity contribution is 6.33. The Labute approximate surface area is 199 Å². The molecule has 34 heavy (non-hydrogen) atoms. The van der Waals surface area contributed by atoms with Crippen LogP contribution in [0.25, 0.3) is 11.1 Å². The molecule has 2 N–H and O–H groups in total. The Balaban J connectivity index is 1.41. The highest BCUT2D eigenvalue weighted by Crippen LogP contribution is 2.34. The number of nitrogens with one attached hydrogen (secondary N) is 2. The number of fused-ring (bicyclic) bond motifs is 3. The van der Waals surface area contributed by atoms with Crippen LogP contribution in [0.3, 0.4) is 0 Å². The Kier molecular flexibility index (Phi) is 5.65. The standard InChI is InChI=1S/C24H21ClFN5O3/c1-12(2)34-22-6-3-13(11-27-22)16-9-18(26)19(10-17(16)25)28-24(33)31-15-4-5-20(31)23-14(7-15)8-21(32)29-30-23/h3,6,8-12,15H,4-5,7H2,1-2H3,(H,28,33)/p+1/t15-/m0/s1. The molecular formula is C24H22ClFN5O3+. The first kappa shape index (κ1) is 22.2. The molecule has 2 amide bonds. The first-order valence-corrected chi connectivity index (χ1v) is 11.3. The topological polar surface area (TPSA) is 100.0 Å². The summed E-state index contributed by atoms with van der Waals surface area (Å²) in [6, 6.07) is 7.06. The third-order valence-corrected chi connectivity index (χ3v) is 6.22. The second kappa shape index (κ2) is 8.64. The van der Waals surface area contributed by atoms with Crippen LogP contribution in [0.1, 0.15) is 37.9 Å². The van der Waals surface area contributed by atoms with Crippen molar-refractivity contribution in [2.75, 3.05) is 5.32 Å². The van der Waals surface area contributed by atoms with E-state index in [1.54, 1.807) is 22.9 Å². The molecule has 174 valence electrons. The van der Waals surface area contributed by atoms with Crippen molar-refractivity contribution in [3.8, 4) is 17.0 Å². The molecule has 5 rings (SSSR count). The zero-order chi connectivity index (χ0) is 24.0. The van der Waals surface area contributed by atoms with Crippen molar-refractivity contribution in [2.24, 2.45) is 0 Å². The number of hydrogen-bond acceptors (Lipinski definition) is 5. The van der Waals surface area contributed by atoms with E-state index in [0.717, 1.165) is 17.7 Å². The van der Waals surface area contributed by atoms with Crippen LogP contribution in [0.2, 0.25) is 5.02 Å². The number of urea groups is 1. The molecule has 0 saturated carbocycles. The van der Waals surface area contributed by atoms with Crippen LogP contribution in [0, 0.1) is 5.82 Å². The monoisotopic (exact) mass is 482 g/mol. The van der Waals surface area contributed by atoms with Crippen molar-refractivity contribution in [3.63, 3.8) is 0 Å². The maximum Gasteiger partial charge on any atom is 0.496 e. The second-order valence-electron chi connectivity index (χ2n) is 8.61. The zero-order valence-corrected chi connectivity index (χ0v) is 19.3. The molecule has 2 aromatic heterocycles. The summed E-state index contributed by atoms with van der Waals surface area (Å²) in [6.45, 7) is 3.80. The van der Waals surface area contributed by atoms with Crippen LogP contribution >= 0.6 is 11.6 Å². The minimum Gasteiger partial charge on any atom is -0.475 e. The summed E-state index contributed by atoms with van der Waals surface area (Å²) in [6.07, 6.45) is 3.47. The zero-order valence-electron chi connectivity index (χ0n) is 18.6. The summed E-state index contributed by atoms with van der Waals surface area (Å²) >= 11 is 6.44. The number of nitrogens with zero attached hydrogens (tertiary/aromatic N) is 3. The summed E-state index contributed by atoms with van der Waals surface area (Å²) in [7, 11) is 0. The van der Waals surface area contributed by atoms with Crippen molar-refractivity contribution >= 4 is 29.0 Å². The van der Waals surface area contributed by atoms with E-state index in [1.165, 1.54) is 18.2 Å². The smallest absolute Gasteiger partial charge is 0.475 e. The number of amides is 2. The molecule has 0 aliphatic carbocycles. The van der Waals surface area contributed by atoms with Crippen molar-refractivity contribution in [3.05, 3.63) is 69.0 Å². The van der Waals surface area contributed by atoms with Crippen LogP contribution in [0.5, 0.6) is 5.88 Å². The predicted octanol–water partition coefficient (Wildman–Crippen LogP) is 4.16. The summed E-state index contributed by atoms with van der Waals surface area (Å²) in [5.74, 6) is -0.152. The lowest BCUT2D eigenvalue weighted by Crippen LogP contribution is -2.40. The summed E-state index contributed by atoms with van der Waals surface area (Å²) in [4.78, 5) is 29.0. The number of carbonyl (C=O) groups excluding carboxylic acids is 1. The predicted molar refractivity (Wildman–Crippen MR) is 125 cm³/mol. The van der Waals surface area contributed by atoms with Crippen LogP contribution in [-0.2, 0) is 6.42 Å². The van der Waals surface area contributed by atoms with Crippen molar-refractivity contribution in [2.45, 2.75) is 45.3 Å². The number of hydrogen-bond donors (Lipinski definition) is 2. The van der Waals surface area contributed by atoms with Gasteiger partial charge >= 0.3 is 6.03 Å². The Morgan fingerprint density at radius 3 is 2.88 bits per heavy atom. The fraction of sp³-hybridized carbons (Fsp3) is 0.292. The number of ether oxygens (including phenoxy) is 1. The summed E-state index contributed by atoms with van der Waals surface area (Å²) in [5.41, 5.74) is 2.93. The molecule has 0 fully saturated rings. The third kappa shape index (κ3) is 4.07. The highest BCUT2D eigenvalue weighted by Gasteiger charge is 2.42. The maximum absolute atomic E-state index is 15.0. The van der Waals surface area contributed by atoms with Crippen LogP contribution < -0.4 is 15.6 Å².